The Hall–Kier alpha value is -1.89. The van der Waals surface area contributed by atoms with Gasteiger partial charge in [-0.1, -0.05) is 59.2 Å². The van der Waals surface area contributed by atoms with Gasteiger partial charge in [-0.25, -0.2) is 0 Å². The molecular weight excluding hydrogens is 417 g/mol. The molecule has 2 aromatic carbocycles. The Morgan fingerprint density at radius 3 is 2.21 bits per heavy atom. The van der Waals surface area contributed by atoms with Gasteiger partial charge in [0.2, 0.25) is 0 Å². The van der Waals surface area contributed by atoms with E-state index in [2.05, 4.69) is 14.8 Å². The first-order valence-electron chi connectivity index (χ1n) is 9.03. The molecule has 0 N–H and O–H groups in total. The fourth-order valence-electron chi connectivity index (χ4n) is 2.75. The number of halogens is 2. The Kier molecular flexibility index (Phi) is 6.29. The highest BCUT2D eigenvalue weighted by Gasteiger charge is 2.29. The van der Waals surface area contributed by atoms with Crippen LogP contribution in [0.15, 0.2) is 53.7 Å². The number of hydrogen-bond acceptors (Lipinski definition) is 5. The standard InChI is InChI=1S/C20H19Cl2N3O2S/c21-15-5-1-3-7-17(15)26-11-12-28-20-24-23-19(25(20)14-9-10-14)13-27-18-8-4-2-6-16(18)22/h1-8,14H,9-13H2. The predicted octanol–water partition coefficient (Wildman–Crippen LogP) is 5.67. The summed E-state index contributed by atoms with van der Waals surface area (Å²) in [5, 5.41) is 10.8. The molecule has 1 aliphatic carbocycles. The molecule has 0 saturated heterocycles. The summed E-state index contributed by atoms with van der Waals surface area (Å²) in [6.07, 6.45) is 2.28. The molecule has 1 aromatic heterocycles. The maximum Gasteiger partial charge on any atom is 0.191 e. The Bertz CT molecular complexity index is 947. The summed E-state index contributed by atoms with van der Waals surface area (Å²) in [6.45, 7) is 0.876. The van der Waals surface area contributed by atoms with Crippen molar-refractivity contribution in [2.45, 2.75) is 30.6 Å². The van der Waals surface area contributed by atoms with Gasteiger partial charge in [-0.2, -0.15) is 0 Å². The molecule has 146 valence electrons. The van der Waals surface area contributed by atoms with Crippen molar-refractivity contribution in [3.63, 3.8) is 0 Å². The number of rotatable bonds is 9. The van der Waals surface area contributed by atoms with Crippen LogP contribution in [0, 0.1) is 0 Å². The molecule has 0 amide bonds. The molecule has 0 radical (unpaired) electrons. The molecular formula is C20H19Cl2N3O2S. The van der Waals surface area contributed by atoms with Crippen LogP contribution in [0.1, 0.15) is 24.7 Å². The molecule has 4 rings (SSSR count). The van der Waals surface area contributed by atoms with E-state index in [1.165, 1.54) is 0 Å². The number of aromatic nitrogens is 3. The molecule has 5 nitrogen and oxygen atoms in total. The highest BCUT2D eigenvalue weighted by atomic mass is 35.5. The van der Waals surface area contributed by atoms with Crippen LogP contribution in [-0.2, 0) is 6.61 Å². The van der Waals surface area contributed by atoms with Crippen LogP contribution >= 0.6 is 35.0 Å². The Morgan fingerprint density at radius 2 is 1.57 bits per heavy atom. The maximum absolute atomic E-state index is 6.16. The summed E-state index contributed by atoms with van der Waals surface area (Å²) in [7, 11) is 0. The number of benzene rings is 2. The van der Waals surface area contributed by atoms with Crippen molar-refractivity contribution >= 4 is 35.0 Å². The van der Waals surface area contributed by atoms with E-state index in [1.807, 2.05) is 48.5 Å². The minimum Gasteiger partial charge on any atom is -0.491 e. The van der Waals surface area contributed by atoms with E-state index < -0.39 is 0 Å². The number of ether oxygens (including phenoxy) is 2. The molecule has 3 aromatic rings. The predicted molar refractivity (Wildman–Crippen MR) is 112 cm³/mol. The monoisotopic (exact) mass is 435 g/mol. The van der Waals surface area contributed by atoms with Gasteiger partial charge < -0.3 is 14.0 Å². The highest BCUT2D eigenvalue weighted by Crippen LogP contribution is 2.39. The number of para-hydroxylation sites is 2. The zero-order valence-electron chi connectivity index (χ0n) is 15.1. The fourth-order valence-corrected chi connectivity index (χ4v) is 3.98. The SMILES string of the molecule is Clc1ccccc1OCCSc1nnc(COc2ccccc2Cl)n1C1CC1. The number of nitrogens with zero attached hydrogens (tertiary/aromatic N) is 3. The van der Waals surface area contributed by atoms with Gasteiger partial charge in [0.1, 0.15) is 18.1 Å². The molecule has 0 aliphatic heterocycles. The van der Waals surface area contributed by atoms with E-state index in [9.17, 15) is 0 Å². The largest absolute Gasteiger partial charge is 0.491 e. The van der Waals surface area contributed by atoms with Crippen LogP contribution in [0.5, 0.6) is 11.5 Å². The molecule has 0 bridgehead atoms. The maximum atomic E-state index is 6.16. The summed E-state index contributed by atoms with van der Waals surface area (Å²) in [5.74, 6) is 2.91. The van der Waals surface area contributed by atoms with Gasteiger partial charge in [-0.05, 0) is 37.1 Å². The third kappa shape index (κ3) is 4.74. The first kappa shape index (κ1) is 19.4. The van der Waals surface area contributed by atoms with Crippen molar-refractivity contribution in [3.8, 4) is 11.5 Å². The van der Waals surface area contributed by atoms with Gasteiger partial charge in [-0.15, -0.1) is 10.2 Å². The van der Waals surface area contributed by atoms with E-state index in [4.69, 9.17) is 32.7 Å². The van der Waals surface area contributed by atoms with Crippen molar-refractivity contribution in [2.75, 3.05) is 12.4 Å². The zero-order valence-corrected chi connectivity index (χ0v) is 17.4. The van der Waals surface area contributed by atoms with Crippen molar-refractivity contribution in [2.24, 2.45) is 0 Å². The number of thioether (sulfide) groups is 1. The first-order valence-corrected chi connectivity index (χ1v) is 10.8. The minimum absolute atomic E-state index is 0.337. The van der Waals surface area contributed by atoms with Crippen molar-refractivity contribution in [1.29, 1.82) is 0 Å². The molecule has 28 heavy (non-hydrogen) atoms. The number of hydrogen-bond donors (Lipinski definition) is 0. The Balaban J connectivity index is 1.35. The third-order valence-corrected chi connectivity index (χ3v) is 5.78. The van der Waals surface area contributed by atoms with E-state index >= 15 is 0 Å². The van der Waals surface area contributed by atoms with Crippen LogP contribution in [0.2, 0.25) is 10.0 Å². The van der Waals surface area contributed by atoms with E-state index in [0.29, 0.717) is 40.8 Å². The lowest BCUT2D eigenvalue weighted by molar-refractivity contribution is 0.288. The lowest BCUT2D eigenvalue weighted by atomic mass is 10.3. The van der Waals surface area contributed by atoms with Crippen LogP contribution in [0.4, 0.5) is 0 Å². The minimum atomic E-state index is 0.337. The summed E-state index contributed by atoms with van der Waals surface area (Å²) in [5.41, 5.74) is 0. The van der Waals surface area contributed by atoms with Crippen molar-refractivity contribution < 1.29 is 9.47 Å². The first-order chi connectivity index (χ1) is 13.7. The van der Waals surface area contributed by atoms with Crippen LogP contribution in [0.25, 0.3) is 0 Å². The van der Waals surface area contributed by atoms with Gasteiger partial charge in [0.25, 0.3) is 0 Å². The van der Waals surface area contributed by atoms with Crippen LogP contribution in [0.3, 0.4) is 0 Å². The summed E-state index contributed by atoms with van der Waals surface area (Å²) < 4.78 is 13.8. The summed E-state index contributed by atoms with van der Waals surface area (Å²) in [4.78, 5) is 0. The lowest BCUT2D eigenvalue weighted by Gasteiger charge is -2.11. The van der Waals surface area contributed by atoms with Crippen molar-refractivity contribution in [3.05, 3.63) is 64.4 Å². The molecule has 1 heterocycles. The van der Waals surface area contributed by atoms with E-state index in [-0.39, 0.29) is 0 Å². The quantitative estimate of drug-likeness (QED) is 0.320. The van der Waals surface area contributed by atoms with E-state index in [0.717, 1.165) is 29.6 Å². The van der Waals surface area contributed by atoms with E-state index in [1.54, 1.807) is 11.8 Å². The molecule has 8 heteroatoms. The smallest absolute Gasteiger partial charge is 0.191 e. The Labute approximate surface area is 178 Å². The zero-order chi connectivity index (χ0) is 19.3. The third-order valence-electron chi connectivity index (χ3n) is 4.25. The molecule has 0 atom stereocenters. The lowest BCUT2D eigenvalue weighted by Crippen LogP contribution is -2.08. The highest BCUT2D eigenvalue weighted by molar-refractivity contribution is 7.99. The van der Waals surface area contributed by atoms with Gasteiger partial charge in [0, 0.05) is 11.8 Å². The second kappa shape index (κ2) is 9.07. The molecule has 1 fully saturated rings. The molecule has 0 spiro atoms. The van der Waals surface area contributed by atoms with Gasteiger partial charge in [0.05, 0.1) is 16.7 Å². The second-order valence-electron chi connectivity index (χ2n) is 6.35. The summed E-state index contributed by atoms with van der Waals surface area (Å²) in [6, 6.07) is 15.4. The molecule has 0 unspecified atom stereocenters. The summed E-state index contributed by atoms with van der Waals surface area (Å²) >= 11 is 13.9. The molecule has 1 aliphatic rings. The second-order valence-corrected chi connectivity index (χ2v) is 8.22. The van der Waals surface area contributed by atoms with Crippen LogP contribution in [-0.4, -0.2) is 27.1 Å². The normalized spacial score (nSPS) is 13.5. The van der Waals surface area contributed by atoms with Gasteiger partial charge in [0.15, 0.2) is 11.0 Å². The average Bonchev–Trinajstić information content (AvgIpc) is 3.46. The van der Waals surface area contributed by atoms with Crippen LogP contribution < -0.4 is 9.47 Å². The van der Waals surface area contributed by atoms with Gasteiger partial charge in [-0.3, -0.25) is 0 Å². The van der Waals surface area contributed by atoms with Gasteiger partial charge >= 0.3 is 0 Å². The fraction of sp³-hybridized carbons (Fsp3) is 0.300. The topological polar surface area (TPSA) is 49.2 Å². The molecule has 1 saturated carbocycles. The average molecular weight is 436 g/mol. The Morgan fingerprint density at radius 1 is 0.929 bits per heavy atom. The van der Waals surface area contributed by atoms with Crippen molar-refractivity contribution in [1.82, 2.24) is 14.8 Å².